The molecule has 15 heteroatoms. The van der Waals surface area contributed by atoms with Crippen LogP contribution < -0.4 is 0 Å². The topological polar surface area (TPSA) is 187 Å². The molecule has 3 N–H and O–H groups in total. The molecule has 0 saturated carbocycles. The van der Waals surface area contributed by atoms with Crippen LogP contribution in [0, 0.1) is 5.92 Å². The summed E-state index contributed by atoms with van der Waals surface area (Å²) in [5.74, 6) is -0.943. The fourth-order valence-electron chi connectivity index (χ4n) is 12.9. The van der Waals surface area contributed by atoms with E-state index in [1.165, 1.54) is 0 Å². The van der Waals surface area contributed by atoms with Crippen LogP contribution in [-0.2, 0) is 57.0 Å². The highest BCUT2D eigenvalue weighted by atomic mass is 16.6. The van der Waals surface area contributed by atoms with Crippen LogP contribution in [0.1, 0.15) is 124 Å². The van der Waals surface area contributed by atoms with Crippen molar-refractivity contribution in [2.45, 2.75) is 251 Å². The quantitative estimate of drug-likeness (QED) is 0.248. The Kier molecular flexibility index (Phi) is 13.0. The zero-order valence-corrected chi connectivity index (χ0v) is 37.6. The van der Waals surface area contributed by atoms with Crippen molar-refractivity contribution >= 4 is 11.9 Å². The minimum Gasteiger partial charge on any atom is -0.481 e. The van der Waals surface area contributed by atoms with E-state index in [2.05, 4.69) is 51.7 Å². The second-order valence-electron chi connectivity index (χ2n) is 21.3. The van der Waals surface area contributed by atoms with Gasteiger partial charge in [0, 0.05) is 25.7 Å². The first-order chi connectivity index (χ1) is 30.7. The maximum atomic E-state index is 12.3. The molecule has 0 spiro atoms. The maximum Gasteiger partial charge on any atom is 0.308 e. The highest BCUT2D eigenvalue weighted by molar-refractivity contribution is 5.72. The smallest absolute Gasteiger partial charge is 0.308 e. The average Bonchev–Trinajstić information content (AvgIpc) is 3.47. The molecule has 0 aromatic carbocycles. The predicted molar refractivity (Wildman–Crippen MR) is 227 cm³/mol. The number of ether oxygens (including phenoxy) is 10. The van der Waals surface area contributed by atoms with E-state index in [0.717, 1.165) is 38.5 Å². The van der Waals surface area contributed by atoms with Crippen molar-refractivity contribution in [1.82, 2.24) is 0 Å². The lowest BCUT2D eigenvalue weighted by Crippen LogP contribution is -2.64. The van der Waals surface area contributed by atoms with Crippen molar-refractivity contribution in [2.24, 2.45) is 5.92 Å². The van der Waals surface area contributed by atoms with E-state index in [0.29, 0.717) is 56.4 Å². The zero-order valence-electron chi connectivity index (χ0n) is 37.6. The third kappa shape index (κ3) is 9.31. The number of hydrogen-bond donors (Lipinski definition) is 3. The van der Waals surface area contributed by atoms with Gasteiger partial charge in [0.1, 0.15) is 24.4 Å². The Morgan fingerprint density at radius 2 is 1.42 bits per heavy atom. The molecule has 64 heavy (non-hydrogen) atoms. The molecule has 0 radical (unpaired) electrons. The Hall–Kier alpha value is -2.28. The lowest BCUT2D eigenvalue weighted by atomic mass is 9.80. The molecular weight excluding hydrogens is 829 g/mol. The van der Waals surface area contributed by atoms with Crippen molar-refractivity contribution in [2.75, 3.05) is 0 Å². The molecule has 8 fully saturated rings. The Morgan fingerprint density at radius 1 is 0.719 bits per heavy atom. The molecule has 10 heterocycles. The lowest BCUT2D eigenvalue weighted by Gasteiger charge is -2.54. The Labute approximate surface area is 376 Å². The molecule has 1 unspecified atom stereocenters. The lowest BCUT2D eigenvalue weighted by molar-refractivity contribution is -0.311. The first-order valence-electron chi connectivity index (χ1n) is 24.4. The maximum absolute atomic E-state index is 12.3. The number of aliphatic carboxylic acids is 1. The van der Waals surface area contributed by atoms with Crippen LogP contribution in [0.5, 0.6) is 0 Å². The van der Waals surface area contributed by atoms with Crippen LogP contribution in [0.15, 0.2) is 36.5 Å². The van der Waals surface area contributed by atoms with E-state index in [4.69, 9.17) is 52.5 Å². The minimum atomic E-state index is -1.18. The van der Waals surface area contributed by atoms with Crippen molar-refractivity contribution < 1.29 is 72.3 Å². The van der Waals surface area contributed by atoms with Crippen LogP contribution in [0.2, 0.25) is 0 Å². The summed E-state index contributed by atoms with van der Waals surface area (Å²) in [5.41, 5.74) is -0.860. The third-order valence-corrected chi connectivity index (χ3v) is 16.3. The van der Waals surface area contributed by atoms with Gasteiger partial charge in [0.05, 0.1) is 116 Å². The summed E-state index contributed by atoms with van der Waals surface area (Å²) in [6, 6.07) is 0. The van der Waals surface area contributed by atoms with E-state index in [9.17, 15) is 19.8 Å². The molecule has 356 valence electrons. The molecule has 0 aliphatic carbocycles. The minimum absolute atomic E-state index is 0.0728. The highest BCUT2D eigenvalue weighted by Gasteiger charge is 2.59. The second kappa shape index (κ2) is 18.3. The molecule has 15 nitrogen and oxygen atoms in total. The number of carbonyl (C=O) groups excluding carboxylic acids is 1. The number of esters is 1. The summed E-state index contributed by atoms with van der Waals surface area (Å²) in [5, 5.41) is 30.7. The van der Waals surface area contributed by atoms with Crippen molar-refractivity contribution in [1.29, 1.82) is 0 Å². The van der Waals surface area contributed by atoms with E-state index in [-0.39, 0.29) is 104 Å². The van der Waals surface area contributed by atoms with E-state index < -0.39 is 54.1 Å². The van der Waals surface area contributed by atoms with Gasteiger partial charge < -0.3 is 62.7 Å². The Morgan fingerprint density at radius 3 is 2.23 bits per heavy atom. The van der Waals surface area contributed by atoms with Crippen LogP contribution in [0.25, 0.3) is 0 Å². The van der Waals surface area contributed by atoms with Gasteiger partial charge in [-0.25, -0.2) is 0 Å². The molecule has 10 rings (SSSR count). The summed E-state index contributed by atoms with van der Waals surface area (Å²) in [6.45, 7) is 10.4. The summed E-state index contributed by atoms with van der Waals surface area (Å²) >= 11 is 0. The first kappa shape index (κ1) is 45.5. The molecule has 0 bridgehead atoms. The molecule has 0 amide bonds. The van der Waals surface area contributed by atoms with E-state index in [1.807, 2.05) is 0 Å². The summed E-state index contributed by atoms with van der Waals surface area (Å²) in [6.07, 6.45) is 11.7. The second-order valence-corrected chi connectivity index (χ2v) is 21.3. The highest BCUT2D eigenvalue weighted by Crippen LogP contribution is 2.50. The number of hydrogen-bond acceptors (Lipinski definition) is 14. The molecule has 0 aromatic heterocycles. The number of aliphatic hydroxyl groups excluding tert-OH is 2. The summed E-state index contributed by atoms with van der Waals surface area (Å²) < 4.78 is 67.7. The van der Waals surface area contributed by atoms with E-state index in [1.54, 1.807) is 0 Å². The number of aliphatic hydroxyl groups is 2. The van der Waals surface area contributed by atoms with Crippen molar-refractivity contribution in [3.63, 3.8) is 0 Å². The zero-order chi connectivity index (χ0) is 44.5. The van der Waals surface area contributed by atoms with Gasteiger partial charge in [0.25, 0.3) is 0 Å². The van der Waals surface area contributed by atoms with Crippen LogP contribution in [0.3, 0.4) is 0 Å². The van der Waals surface area contributed by atoms with Gasteiger partial charge in [-0.2, -0.15) is 0 Å². The van der Waals surface area contributed by atoms with Gasteiger partial charge in [-0.1, -0.05) is 37.8 Å². The normalized spacial score (nSPS) is 51.6. The molecular formula is C49H70O15. The first-order valence-corrected chi connectivity index (χ1v) is 24.4. The number of fused-ring (bicyclic) bond motifs is 9. The van der Waals surface area contributed by atoms with Crippen LogP contribution in [-0.4, -0.2) is 154 Å². The number of carbonyl (C=O) groups is 2. The fraction of sp³-hybridized carbons (Fsp3) is 0.837. The summed E-state index contributed by atoms with van der Waals surface area (Å²) in [7, 11) is 0. The fourth-order valence-corrected chi connectivity index (χ4v) is 12.9. The molecule has 0 aromatic rings. The average molecular weight is 899 g/mol. The molecule has 10 aliphatic rings. The van der Waals surface area contributed by atoms with Crippen molar-refractivity contribution in [3.05, 3.63) is 36.5 Å². The largest absolute Gasteiger partial charge is 0.481 e. The SMILES string of the molecule is C=C(C[C@@H]1C[C@H](O)[C@@H]2O[C@@H]3C[C@]4(C)O[C@@H]5CC[C@@H]6O[C@@H]7C/C=C\[C@@H]8O[C@@H]9C[C@H](C)C[C@@H]%10OC(=O)C[C@H]%10O[C@H]9C[C@H]8O[C@H]7C/C=C\C[C@H]6O[C@@]5(C)CC[C@H]4O[C@H]3C[C@H]2O1)C(O)CC(=O)O. The third-order valence-electron chi connectivity index (χ3n) is 16.3. The van der Waals surface area contributed by atoms with Gasteiger partial charge in [-0.3, -0.25) is 9.59 Å². The van der Waals surface area contributed by atoms with Gasteiger partial charge in [-0.15, -0.1) is 0 Å². The monoisotopic (exact) mass is 898 g/mol. The van der Waals surface area contributed by atoms with Crippen molar-refractivity contribution in [3.8, 4) is 0 Å². The van der Waals surface area contributed by atoms with Gasteiger partial charge in [-0.05, 0) is 89.5 Å². The summed E-state index contributed by atoms with van der Waals surface area (Å²) in [4.78, 5) is 23.4. The number of carboxylic acid groups (broad SMARTS) is 1. The van der Waals surface area contributed by atoms with Gasteiger partial charge in [0.15, 0.2) is 0 Å². The molecule has 22 atom stereocenters. The predicted octanol–water partition coefficient (Wildman–Crippen LogP) is 4.95. The number of rotatable bonds is 5. The molecule has 8 saturated heterocycles. The Bertz CT molecular complexity index is 1790. The van der Waals surface area contributed by atoms with Gasteiger partial charge >= 0.3 is 11.9 Å². The van der Waals surface area contributed by atoms with E-state index >= 15 is 0 Å². The van der Waals surface area contributed by atoms with Crippen LogP contribution >= 0.6 is 0 Å². The van der Waals surface area contributed by atoms with Crippen LogP contribution in [0.4, 0.5) is 0 Å². The van der Waals surface area contributed by atoms with Gasteiger partial charge in [0.2, 0.25) is 0 Å². The number of carboxylic acids is 1. The standard InChI is InChI=1S/C49H70O15/c1-25-16-35-38(59-40-23-46(54)61-36(40)17-25)21-37-32(58-35)11-7-10-31-30(57-37)8-5-6-9-34-33(56-31)12-13-44-48(3,63-34)15-14-43-49(4,64-44)24-42-39(60-43)22-41-47(62-42)29(51)19-27(55-41)18-26(2)28(50)20-45(52)53/h5-7,11,25,27-44,47,50-51H,2,8-10,12-24H2,1,3-4H3,(H,52,53)/b6-5-,11-7-/t25-,27+,28?,29-,30-,31+,32-,33-,34+,35+,36-,37+,38-,39-,40+,41+,42+,43+,44+,47-,48-,49-/m0/s1. The Balaban J connectivity index is 0.790. The molecule has 10 aliphatic heterocycles.